The van der Waals surface area contributed by atoms with Crippen molar-refractivity contribution in [3.8, 4) is 5.69 Å². The number of para-hydroxylation sites is 1. The van der Waals surface area contributed by atoms with Gasteiger partial charge in [-0.3, -0.25) is 4.79 Å². The molecule has 0 aliphatic heterocycles. The minimum atomic E-state index is -0.280. The van der Waals surface area contributed by atoms with Gasteiger partial charge in [-0.2, -0.15) is 0 Å². The predicted octanol–water partition coefficient (Wildman–Crippen LogP) is 3.10. The number of hydrogen-bond acceptors (Lipinski definition) is 4. The number of hydrogen-bond donors (Lipinski definition) is 1. The van der Waals surface area contributed by atoms with E-state index >= 15 is 0 Å². The zero-order chi connectivity index (χ0) is 19.3. The maximum Gasteiger partial charge on any atom is 0.273 e. The molecule has 0 radical (unpaired) electrons. The molecule has 0 atom stereocenters. The van der Waals surface area contributed by atoms with Crippen LogP contribution in [0.5, 0.6) is 0 Å². The summed E-state index contributed by atoms with van der Waals surface area (Å²) in [6.07, 6.45) is 6.93. The highest BCUT2D eigenvalue weighted by atomic mass is 35.5. The number of amides is 1. The molecule has 0 aliphatic rings. The lowest BCUT2D eigenvalue weighted by atomic mass is 10.1. The fourth-order valence-electron chi connectivity index (χ4n) is 2.88. The molecule has 2 aromatic heterocycles. The lowest BCUT2D eigenvalue weighted by Crippen LogP contribution is -2.23. The molecule has 2 aromatic carbocycles. The summed E-state index contributed by atoms with van der Waals surface area (Å²) in [5, 5.41) is 11.6. The number of carbonyl (C=O) groups is 1. The molecule has 4 rings (SSSR count). The molecule has 28 heavy (non-hydrogen) atoms. The molecule has 0 unspecified atom stereocenters. The van der Waals surface area contributed by atoms with Crippen molar-refractivity contribution in [2.45, 2.75) is 13.1 Å². The minimum absolute atomic E-state index is 0.266. The molecule has 7 nitrogen and oxygen atoms in total. The van der Waals surface area contributed by atoms with Crippen molar-refractivity contribution in [3.63, 3.8) is 0 Å². The first-order valence-corrected chi connectivity index (χ1v) is 9.06. The van der Waals surface area contributed by atoms with E-state index < -0.39 is 0 Å². The lowest BCUT2D eigenvalue weighted by Gasteiger charge is -2.10. The van der Waals surface area contributed by atoms with Crippen molar-refractivity contribution < 1.29 is 4.79 Å². The summed E-state index contributed by atoms with van der Waals surface area (Å²) in [4.78, 5) is 16.5. The van der Waals surface area contributed by atoms with Crippen molar-refractivity contribution in [2.24, 2.45) is 0 Å². The Kier molecular flexibility index (Phi) is 5.16. The first-order valence-electron chi connectivity index (χ1n) is 8.68. The molecule has 0 bridgehead atoms. The van der Waals surface area contributed by atoms with E-state index in [0.29, 0.717) is 18.1 Å². The number of benzene rings is 2. The van der Waals surface area contributed by atoms with Gasteiger partial charge in [0.15, 0.2) is 5.69 Å². The largest absolute Gasteiger partial charge is 0.346 e. The Morgan fingerprint density at radius 2 is 2.04 bits per heavy atom. The number of nitrogens with one attached hydrogen (secondary N) is 1. The van der Waals surface area contributed by atoms with E-state index in [2.05, 4.69) is 20.6 Å². The van der Waals surface area contributed by atoms with E-state index in [-0.39, 0.29) is 11.6 Å². The number of carbonyl (C=O) groups excluding carboxylic acids is 1. The van der Waals surface area contributed by atoms with E-state index in [0.717, 1.165) is 16.8 Å². The second-order valence-corrected chi connectivity index (χ2v) is 6.65. The summed E-state index contributed by atoms with van der Waals surface area (Å²) < 4.78 is 3.52. The van der Waals surface area contributed by atoms with Crippen LogP contribution in [0.15, 0.2) is 73.4 Å². The lowest BCUT2D eigenvalue weighted by molar-refractivity contribution is 0.0946. The van der Waals surface area contributed by atoms with Crippen LogP contribution in [0.1, 0.15) is 21.6 Å². The van der Waals surface area contributed by atoms with Gasteiger partial charge in [-0.15, -0.1) is 5.10 Å². The standard InChI is InChI=1S/C20H17ClN6O/c21-17-6-3-4-15(10-17)12-27-13-18(24-25-27)20(28)23-11-16-5-1-2-7-19(16)26-9-8-22-14-26/h1-10,13-14H,11-12H2,(H,23,28). The third-order valence-electron chi connectivity index (χ3n) is 4.22. The van der Waals surface area contributed by atoms with Gasteiger partial charge in [-0.1, -0.05) is 47.1 Å². The minimum Gasteiger partial charge on any atom is -0.346 e. The monoisotopic (exact) mass is 392 g/mol. The van der Waals surface area contributed by atoms with Crippen molar-refractivity contribution in [1.82, 2.24) is 29.9 Å². The van der Waals surface area contributed by atoms with Crippen molar-refractivity contribution in [2.75, 3.05) is 0 Å². The first-order chi connectivity index (χ1) is 13.7. The normalized spacial score (nSPS) is 10.8. The van der Waals surface area contributed by atoms with Gasteiger partial charge in [-0.25, -0.2) is 9.67 Å². The van der Waals surface area contributed by atoms with Crippen molar-refractivity contribution >= 4 is 17.5 Å². The summed E-state index contributed by atoms with van der Waals surface area (Å²) in [7, 11) is 0. The Labute approximate surface area is 166 Å². The Hall–Kier alpha value is -3.45. The molecule has 0 saturated carbocycles. The maximum atomic E-state index is 12.5. The molecule has 0 aliphatic carbocycles. The van der Waals surface area contributed by atoms with Crippen LogP contribution in [0, 0.1) is 0 Å². The molecule has 2 heterocycles. The van der Waals surface area contributed by atoms with E-state index in [1.54, 1.807) is 23.4 Å². The van der Waals surface area contributed by atoms with Crippen LogP contribution in [0.2, 0.25) is 5.02 Å². The summed E-state index contributed by atoms with van der Waals surface area (Å²) in [6, 6.07) is 15.3. The maximum absolute atomic E-state index is 12.5. The molecule has 0 saturated heterocycles. The number of nitrogens with zero attached hydrogens (tertiary/aromatic N) is 5. The van der Waals surface area contributed by atoms with Crippen LogP contribution in [-0.4, -0.2) is 30.5 Å². The van der Waals surface area contributed by atoms with Gasteiger partial charge in [0.05, 0.1) is 24.8 Å². The summed E-state index contributed by atoms with van der Waals surface area (Å²) in [6.45, 7) is 0.860. The van der Waals surface area contributed by atoms with Gasteiger partial charge in [0.25, 0.3) is 5.91 Å². The molecule has 140 valence electrons. The summed E-state index contributed by atoms with van der Waals surface area (Å²) in [5.41, 5.74) is 3.19. The topological polar surface area (TPSA) is 77.6 Å². The van der Waals surface area contributed by atoms with Crippen LogP contribution < -0.4 is 5.32 Å². The fraction of sp³-hybridized carbons (Fsp3) is 0.100. The highest BCUT2D eigenvalue weighted by Gasteiger charge is 2.12. The van der Waals surface area contributed by atoms with E-state index in [1.165, 1.54) is 0 Å². The number of aromatic nitrogens is 5. The SMILES string of the molecule is O=C(NCc1ccccc1-n1ccnc1)c1cn(Cc2cccc(Cl)c2)nn1. The van der Waals surface area contributed by atoms with Gasteiger partial charge < -0.3 is 9.88 Å². The van der Waals surface area contributed by atoms with Crippen molar-refractivity contribution in [1.29, 1.82) is 0 Å². The Bertz CT molecular complexity index is 1090. The predicted molar refractivity (Wildman–Crippen MR) is 105 cm³/mol. The van der Waals surface area contributed by atoms with Gasteiger partial charge in [-0.05, 0) is 29.3 Å². The van der Waals surface area contributed by atoms with E-state index in [1.807, 2.05) is 59.3 Å². The first kappa shape index (κ1) is 17.9. The quantitative estimate of drug-likeness (QED) is 0.547. The highest BCUT2D eigenvalue weighted by molar-refractivity contribution is 6.30. The third-order valence-corrected chi connectivity index (χ3v) is 4.45. The van der Waals surface area contributed by atoms with Gasteiger partial charge in [0.2, 0.25) is 0 Å². The average molecular weight is 393 g/mol. The van der Waals surface area contributed by atoms with Gasteiger partial charge >= 0.3 is 0 Å². The molecule has 0 spiro atoms. The zero-order valence-electron chi connectivity index (χ0n) is 14.9. The zero-order valence-corrected chi connectivity index (χ0v) is 15.6. The van der Waals surface area contributed by atoms with Gasteiger partial charge in [0.1, 0.15) is 0 Å². The fourth-order valence-corrected chi connectivity index (χ4v) is 3.09. The van der Waals surface area contributed by atoms with Crippen LogP contribution in [0.4, 0.5) is 0 Å². The van der Waals surface area contributed by atoms with Crippen molar-refractivity contribution in [3.05, 3.63) is 95.3 Å². The molecular formula is C20H17ClN6O. The molecular weight excluding hydrogens is 376 g/mol. The number of rotatable bonds is 6. The number of imidazole rings is 1. The third kappa shape index (κ3) is 4.10. The van der Waals surface area contributed by atoms with Crippen LogP contribution in [-0.2, 0) is 13.1 Å². The molecule has 4 aromatic rings. The summed E-state index contributed by atoms with van der Waals surface area (Å²) in [5.74, 6) is -0.280. The van der Waals surface area contributed by atoms with E-state index in [4.69, 9.17) is 11.6 Å². The Morgan fingerprint density at radius 1 is 1.14 bits per heavy atom. The Morgan fingerprint density at radius 3 is 2.86 bits per heavy atom. The number of halogens is 1. The second kappa shape index (κ2) is 8.06. The molecule has 8 heteroatoms. The smallest absolute Gasteiger partial charge is 0.273 e. The molecule has 1 N–H and O–H groups in total. The molecule has 0 fully saturated rings. The van der Waals surface area contributed by atoms with Crippen LogP contribution in [0.3, 0.4) is 0 Å². The summed E-state index contributed by atoms with van der Waals surface area (Å²) >= 11 is 6.00. The average Bonchev–Trinajstić information content (AvgIpc) is 3.39. The Balaban J connectivity index is 1.42. The molecule has 1 amide bonds. The van der Waals surface area contributed by atoms with Crippen LogP contribution in [0.25, 0.3) is 5.69 Å². The van der Waals surface area contributed by atoms with Gasteiger partial charge in [0, 0.05) is 24.0 Å². The second-order valence-electron chi connectivity index (χ2n) is 6.21. The van der Waals surface area contributed by atoms with E-state index in [9.17, 15) is 4.79 Å². The van der Waals surface area contributed by atoms with Crippen LogP contribution >= 0.6 is 11.6 Å². The highest BCUT2D eigenvalue weighted by Crippen LogP contribution is 2.14.